The molecular formula is C13H18O2S. The number of hydrogen-bond donors (Lipinski definition) is 0. The summed E-state index contributed by atoms with van der Waals surface area (Å²) in [4.78, 5) is 1.25. The zero-order valence-corrected chi connectivity index (χ0v) is 10.9. The standard InChI is InChI=1S/C13H18O2S/c1-9-4-12(14-3)13(5-10(9)2)16-8-11-6-15-7-11/h4-5,11H,6-8H2,1-3H3. The Morgan fingerprint density at radius 1 is 1.31 bits per heavy atom. The van der Waals surface area contributed by atoms with Crippen molar-refractivity contribution in [1.82, 2.24) is 0 Å². The average molecular weight is 238 g/mol. The fourth-order valence-corrected chi connectivity index (χ4v) is 2.78. The summed E-state index contributed by atoms with van der Waals surface area (Å²) >= 11 is 1.87. The fraction of sp³-hybridized carbons (Fsp3) is 0.538. The van der Waals surface area contributed by atoms with Crippen LogP contribution in [0.4, 0.5) is 0 Å². The van der Waals surface area contributed by atoms with Crippen molar-refractivity contribution < 1.29 is 9.47 Å². The monoisotopic (exact) mass is 238 g/mol. The third kappa shape index (κ3) is 2.53. The van der Waals surface area contributed by atoms with Crippen molar-refractivity contribution in [2.24, 2.45) is 5.92 Å². The van der Waals surface area contributed by atoms with Gasteiger partial charge in [-0.3, -0.25) is 0 Å². The number of thioether (sulfide) groups is 1. The number of aryl methyl sites for hydroxylation is 2. The molecule has 1 fully saturated rings. The van der Waals surface area contributed by atoms with Gasteiger partial charge in [-0.05, 0) is 37.1 Å². The van der Waals surface area contributed by atoms with Gasteiger partial charge in [0.05, 0.1) is 20.3 Å². The van der Waals surface area contributed by atoms with Gasteiger partial charge in [0, 0.05) is 16.6 Å². The van der Waals surface area contributed by atoms with Gasteiger partial charge in [0.15, 0.2) is 0 Å². The van der Waals surface area contributed by atoms with E-state index in [-0.39, 0.29) is 0 Å². The molecule has 1 aromatic rings. The Bertz CT molecular complexity index is 372. The van der Waals surface area contributed by atoms with E-state index < -0.39 is 0 Å². The molecule has 0 atom stereocenters. The van der Waals surface area contributed by atoms with E-state index in [2.05, 4.69) is 26.0 Å². The molecule has 0 radical (unpaired) electrons. The van der Waals surface area contributed by atoms with Gasteiger partial charge in [-0.25, -0.2) is 0 Å². The number of ether oxygens (including phenoxy) is 2. The molecule has 0 bridgehead atoms. The molecule has 2 nitrogen and oxygen atoms in total. The first-order valence-electron chi connectivity index (χ1n) is 5.56. The Labute approximate surface area is 101 Å². The van der Waals surface area contributed by atoms with Crippen LogP contribution in [-0.4, -0.2) is 26.1 Å². The van der Waals surface area contributed by atoms with Crippen LogP contribution in [0.5, 0.6) is 5.75 Å². The van der Waals surface area contributed by atoms with Crippen LogP contribution in [0.1, 0.15) is 11.1 Å². The smallest absolute Gasteiger partial charge is 0.132 e. The van der Waals surface area contributed by atoms with Crippen LogP contribution in [-0.2, 0) is 4.74 Å². The van der Waals surface area contributed by atoms with Crippen LogP contribution >= 0.6 is 11.8 Å². The van der Waals surface area contributed by atoms with Crippen molar-refractivity contribution in [3.63, 3.8) is 0 Å². The molecule has 0 amide bonds. The Hall–Kier alpha value is -0.670. The van der Waals surface area contributed by atoms with Crippen LogP contribution in [0.15, 0.2) is 17.0 Å². The van der Waals surface area contributed by atoms with Crippen LogP contribution in [0.2, 0.25) is 0 Å². The third-order valence-corrected chi connectivity index (χ3v) is 4.23. The number of benzene rings is 1. The summed E-state index contributed by atoms with van der Waals surface area (Å²) in [5.74, 6) is 2.84. The molecule has 88 valence electrons. The Morgan fingerprint density at radius 3 is 2.56 bits per heavy atom. The number of hydrogen-bond acceptors (Lipinski definition) is 3. The molecule has 0 N–H and O–H groups in total. The van der Waals surface area contributed by atoms with Crippen LogP contribution < -0.4 is 4.74 Å². The lowest BCUT2D eigenvalue weighted by atomic mass is 10.1. The van der Waals surface area contributed by atoms with Crippen molar-refractivity contribution in [1.29, 1.82) is 0 Å². The lowest BCUT2D eigenvalue weighted by Crippen LogP contribution is -2.29. The van der Waals surface area contributed by atoms with Crippen molar-refractivity contribution >= 4 is 11.8 Å². The quantitative estimate of drug-likeness (QED) is 0.751. The van der Waals surface area contributed by atoms with E-state index in [0.29, 0.717) is 0 Å². The fourth-order valence-electron chi connectivity index (χ4n) is 1.62. The van der Waals surface area contributed by atoms with E-state index in [1.807, 2.05) is 11.8 Å². The van der Waals surface area contributed by atoms with E-state index in [1.54, 1.807) is 7.11 Å². The molecule has 0 unspecified atom stereocenters. The Balaban J connectivity index is 2.08. The highest BCUT2D eigenvalue weighted by atomic mass is 32.2. The molecule has 0 saturated carbocycles. The maximum Gasteiger partial charge on any atom is 0.132 e. The second-order valence-corrected chi connectivity index (χ2v) is 5.36. The first kappa shape index (κ1) is 11.8. The Morgan fingerprint density at radius 2 is 2.00 bits per heavy atom. The maximum absolute atomic E-state index is 5.41. The SMILES string of the molecule is COc1cc(C)c(C)cc1SCC1COC1. The summed E-state index contributed by atoms with van der Waals surface area (Å²) in [5.41, 5.74) is 2.61. The Kier molecular flexibility index (Phi) is 3.77. The normalized spacial score (nSPS) is 15.9. The van der Waals surface area contributed by atoms with Gasteiger partial charge in [-0.15, -0.1) is 11.8 Å². The van der Waals surface area contributed by atoms with E-state index in [1.165, 1.54) is 16.0 Å². The largest absolute Gasteiger partial charge is 0.496 e. The predicted octanol–water partition coefficient (Wildman–Crippen LogP) is 3.05. The molecule has 1 aliphatic heterocycles. The zero-order chi connectivity index (χ0) is 11.5. The first-order chi connectivity index (χ1) is 7.70. The summed E-state index contributed by atoms with van der Waals surface area (Å²) in [6, 6.07) is 4.34. The molecule has 0 aliphatic carbocycles. The molecule has 1 aliphatic rings. The molecule has 2 rings (SSSR count). The van der Waals surface area contributed by atoms with E-state index >= 15 is 0 Å². The van der Waals surface area contributed by atoms with Gasteiger partial charge in [-0.2, -0.15) is 0 Å². The molecular weight excluding hydrogens is 220 g/mol. The molecule has 0 aromatic heterocycles. The molecule has 0 spiro atoms. The van der Waals surface area contributed by atoms with Crippen molar-refractivity contribution in [3.8, 4) is 5.75 Å². The third-order valence-electron chi connectivity index (χ3n) is 2.96. The minimum absolute atomic E-state index is 0.719. The molecule has 1 heterocycles. The van der Waals surface area contributed by atoms with Gasteiger partial charge in [0.1, 0.15) is 5.75 Å². The maximum atomic E-state index is 5.41. The van der Waals surface area contributed by atoms with Crippen molar-refractivity contribution in [3.05, 3.63) is 23.3 Å². The van der Waals surface area contributed by atoms with Gasteiger partial charge in [0.2, 0.25) is 0 Å². The number of rotatable bonds is 4. The van der Waals surface area contributed by atoms with Gasteiger partial charge < -0.3 is 9.47 Å². The van der Waals surface area contributed by atoms with Crippen LogP contribution in [0, 0.1) is 19.8 Å². The highest BCUT2D eigenvalue weighted by Gasteiger charge is 2.19. The van der Waals surface area contributed by atoms with Gasteiger partial charge in [-0.1, -0.05) is 0 Å². The van der Waals surface area contributed by atoms with Gasteiger partial charge >= 0.3 is 0 Å². The van der Waals surface area contributed by atoms with E-state index in [4.69, 9.17) is 9.47 Å². The summed E-state index contributed by atoms with van der Waals surface area (Å²) in [6.45, 7) is 6.09. The van der Waals surface area contributed by atoms with Crippen LogP contribution in [0.3, 0.4) is 0 Å². The van der Waals surface area contributed by atoms with E-state index in [0.717, 1.165) is 30.6 Å². The molecule has 1 saturated heterocycles. The summed E-state index contributed by atoms with van der Waals surface area (Å²) in [5, 5.41) is 0. The molecule has 16 heavy (non-hydrogen) atoms. The predicted molar refractivity (Wildman–Crippen MR) is 67.5 cm³/mol. The lowest BCUT2D eigenvalue weighted by Gasteiger charge is -2.25. The second-order valence-electron chi connectivity index (χ2n) is 4.30. The summed E-state index contributed by atoms with van der Waals surface area (Å²) in [6.07, 6.45) is 0. The molecule has 3 heteroatoms. The zero-order valence-electron chi connectivity index (χ0n) is 10.1. The molecule has 1 aromatic carbocycles. The average Bonchev–Trinajstić information content (AvgIpc) is 2.20. The summed E-state index contributed by atoms with van der Waals surface area (Å²) < 4.78 is 10.6. The van der Waals surface area contributed by atoms with Crippen LogP contribution in [0.25, 0.3) is 0 Å². The first-order valence-corrected chi connectivity index (χ1v) is 6.55. The topological polar surface area (TPSA) is 18.5 Å². The highest BCUT2D eigenvalue weighted by molar-refractivity contribution is 7.99. The minimum Gasteiger partial charge on any atom is -0.496 e. The van der Waals surface area contributed by atoms with Crippen molar-refractivity contribution in [2.45, 2.75) is 18.7 Å². The minimum atomic E-state index is 0.719. The number of methoxy groups -OCH3 is 1. The lowest BCUT2D eigenvalue weighted by molar-refractivity contribution is -0.0196. The second kappa shape index (κ2) is 5.11. The van der Waals surface area contributed by atoms with Gasteiger partial charge in [0.25, 0.3) is 0 Å². The van der Waals surface area contributed by atoms with E-state index in [9.17, 15) is 0 Å². The van der Waals surface area contributed by atoms with Crippen molar-refractivity contribution in [2.75, 3.05) is 26.1 Å². The highest BCUT2D eigenvalue weighted by Crippen LogP contribution is 2.33. The summed E-state index contributed by atoms with van der Waals surface area (Å²) in [7, 11) is 1.74.